The fourth-order valence-corrected chi connectivity index (χ4v) is 4.85. The molecule has 0 radical (unpaired) electrons. The van der Waals surface area contributed by atoms with E-state index in [1.165, 1.54) is 0 Å². The summed E-state index contributed by atoms with van der Waals surface area (Å²) in [6, 6.07) is 0. The van der Waals surface area contributed by atoms with Crippen LogP contribution in [-0.2, 0) is 14.6 Å². The molecule has 0 aromatic heterocycles. The lowest BCUT2D eigenvalue weighted by Crippen LogP contribution is -2.45. The Hall–Kier alpha value is -0.620. The molecule has 1 aliphatic heterocycles. The minimum Gasteiger partial charge on any atom is -0.393 e. The summed E-state index contributed by atoms with van der Waals surface area (Å²) in [5.41, 5.74) is 0. The Morgan fingerprint density at radius 2 is 1.79 bits per heavy atom. The number of carbonyl (C=O) groups excluding carboxylic acids is 1. The highest BCUT2D eigenvalue weighted by atomic mass is 32.2. The molecule has 19 heavy (non-hydrogen) atoms. The van der Waals surface area contributed by atoms with Crippen molar-refractivity contribution in [2.24, 2.45) is 5.92 Å². The van der Waals surface area contributed by atoms with Gasteiger partial charge in [0, 0.05) is 12.5 Å². The molecule has 0 spiro atoms. The van der Waals surface area contributed by atoms with Gasteiger partial charge in [-0.2, -0.15) is 0 Å². The molecule has 0 bridgehead atoms. The van der Waals surface area contributed by atoms with Gasteiger partial charge in [0.15, 0.2) is 9.84 Å². The van der Waals surface area contributed by atoms with Gasteiger partial charge in [-0.15, -0.1) is 0 Å². The Morgan fingerprint density at radius 3 is 2.47 bits per heavy atom. The zero-order valence-electron chi connectivity index (χ0n) is 11.2. The number of rotatable bonds is 3. The maximum atomic E-state index is 12.0. The molecule has 2 fully saturated rings. The number of hydrogen-bond donors (Lipinski definition) is 2. The molecule has 1 saturated carbocycles. The van der Waals surface area contributed by atoms with Gasteiger partial charge in [-0.25, -0.2) is 8.42 Å². The summed E-state index contributed by atoms with van der Waals surface area (Å²) in [6.45, 7) is 0.395. The summed E-state index contributed by atoms with van der Waals surface area (Å²) in [6.07, 6.45) is 5.30. The molecule has 1 heterocycles. The zero-order valence-corrected chi connectivity index (χ0v) is 12.0. The van der Waals surface area contributed by atoms with Crippen molar-refractivity contribution in [3.63, 3.8) is 0 Å². The molecule has 3 unspecified atom stereocenters. The highest BCUT2D eigenvalue weighted by Gasteiger charge is 2.35. The minimum absolute atomic E-state index is 0.0731. The lowest BCUT2D eigenvalue weighted by molar-refractivity contribution is -0.121. The summed E-state index contributed by atoms with van der Waals surface area (Å²) < 4.78 is 23.7. The first kappa shape index (κ1) is 14.8. The second kappa shape index (κ2) is 6.22. The largest absolute Gasteiger partial charge is 0.393 e. The van der Waals surface area contributed by atoms with Gasteiger partial charge in [0.25, 0.3) is 0 Å². The number of aliphatic hydroxyl groups is 1. The second-order valence-electron chi connectivity index (χ2n) is 5.71. The van der Waals surface area contributed by atoms with Crippen LogP contribution in [0.2, 0.25) is 0 Å². The zero-order chi connectivity index (χ0) is 13.9. The highest BCUT2D eigenvalue weighted by Crippen LogP contribution is 2.24. The van der Waals surface area contributed by atoms with Crippen molar-refractivity contribution in [1.29, 1.82) is 0 Å². The van der Waals surface area contributed by atoms with Crippen molar-refractivity contribution >= 4 is 15.7 Å². The fraction of sp³-hybridized carbons (Fsp3) is 0.923. The van der Waals surface area contributed by atoms with E-state index in [4.69, 9.17) is 0 Å². The Morgan fingerprint density at radius 1 is 1.11 bits per heavy atom. The summed E-state index contributed by atoms with van der Waals surface area (Å²) in [5.74, 6) is -0.182. The van der Waals surface area contributed by atoms with Gasteiger partial charge in [0.1, 0.15) is 5.25 Å². The standard InChI is InChI=1S/C13H23NO4S/c15-11-6-2-1-5-10(11)9-14-13(16)12-7-3-4-8-19(12,17)18/h10-12,15H,1-9H2,(H,14,16). The van der Waals surface area contributed by atoms with Gasteiger partial charge in [0.05, 0.1) is 11.9 Å². The van der Waals surface area contributed by atoms with Crippen LogP contribution in [0.5, 0.6) is 0 Å². The van der Waals surface area contributed by atoms with Crippen LogP contribution in [0.4, 0.5) is 0 Å². The van der Waals surface area contributed by atoms with E-state index < -0.39 is 15.1 Å². The van der Waals surface area contributed by atoms with E-state index in [-0.39, 0.29) is 23.7 Å². The van der Waals surface area contributed by atoms with E-state index in [9.17, 15) is 18.3 Å². The van der Waals surface area contributed by atoms with Crippen molar-refractivity contribution in [3.05, 3.63) is 0 Å². The van der Waals surface area contributed by atoms with Crippen LogP contribution >= 0.6 is 0 Å². The van der Waals surface area contributed by atoms with Crippen LogP contribution in [0.1, 0.15) is 44.9 Å². The quantitative estimate of drug-likeness (QED) is 0.798. The number of carbonyl (C=O) groups is 1. The molecule has 0 aromatic rings. The van der Waals surface area contributed by atoms with Crippen molar-refractivity contribution in [2.75, 3.05) is 12.3 Å². The van der Waals surface area contributed by atoms with Gasteiger partial charge < -0.3 is 10.4 Å². The van der Waals surface area contributed by atoms with Crippen molar-refractivity contribution in [1.82, 2.24) is 5.32 Å². The molecule has 3 atom stereocenters. The Kier molecular flexibility index (Phi) is 4.84. The van der Waals surface area contributed by atoms with Crippen LogP contribution in [0.15, 0.2) is 0 Å². The number of sulfone groups is 1. The molecular weight excluding hydrogens is 266 g/mol. The smallest absolute Gasteiger partial charge is 0.238 e. The first-order chi connectivity index (χ1) is 9.00. The van der Waals surface area contributed by atoms with Crippen molar-refractivity contribution < 1.29 is 18.3 Å². The third-order valence-corrected chi connectivity index (χ3v) is 6.45. The summed E-state index contributed by atoms with van der Waals surface area (Å²) >= 11 is 0. The van der Waals surface area contributed by atoms with E-state index in [0.717, 1.165) is 32.1 Å². The van der Waals surface area contributed by atoms with E-state index in [0.29, 0.717) is 19.4 Å². The molecular formula is C13H23NO4S. The number of nitrogens with one attached hydrogen (secondary N) is 1. The molecule has 5 nitrogen and oxygen atoms in total. The topological polar surface area (TPSA) is 83.5 Å². The van der Waals surface area contributed by atoms with E-state index >= 15 is 0 Å². The lowest BCUT2D eigenvalue weighted by Gasteiger charge is -2.28. The lowest BCUT2D eigenvalue weighted by atomic mass is 9.86. The van der Waals surface area contributed by atoms with Crippen LogP contribution in [0.25, 0.3) is 0 Å². The normalized spacial score (nSPS) is 34.7. The monoisotopic (exact) mass is 289 g/mol. The molecule has 6 heteroatoms. The SMILES string of the molecule is O=C(NCC1CCCCC1O)C1CCCCS1(=O)=O. The first-order valence-corrected chi connectivity index (χ1v) is 8.89. The molecule has 110 valence electrons. The summed E-state index contributed by atoms with van der Waals surface area (Å²) in [4.78, 5) is 12.0. The predicted molar refractivity (Wildman–Crippen MR) is 72.4 cm³/mol. The van der Waals surface area contributed by atoms with Gasteiger partial charge >= 0.3 is 0 Å². The maximum absolute atomic E-state index is 12.0. The molecule has 1 amide bonds. The van der Waals surface area contributed by atoms with Gasteiger partial charge in [-0.1, -0.05) is 19.3 Å². The predicted octanol–water partition coefficient (Wildman–Crippen LogP) is 0.621. The second-order valence-corrected chi connectivity index (χ2v) is 8.01. The Balaban J connectivity index is 1.86. The molecule has 2 N–H and O–H groups in total. The average Bonchev–Trinajstić information content (AvgIpc) is 2.37. The Labute approximate surface area is 114 Å². The van der Waals surface area contributed by atoms with E-state index in [1.54, 1.807) is 0 Å². The van der Waals surface area contributed by atoms with Crippen molar-refractivity contribution in [3.8, 4) is 0 Å². The van der Waals surface area contributed by atoms with Gasteiger partial charge in [-0.3, -0.25) is 4.79 Å². The molecule has 1 saturated heterocycles. The van der Waals surface area contributed by atoms with E-state index in [2.05, 4.69) is 5.32 Å². The van der Waals surface area contributed by atoms with Crippen molar-refractivity contribution in [2.45, 2.75) is 56.3 Å². The van der Waals surface area contributed by atoms with Crippen LogP contribution in [0, 0.1) is 5.92 Å². The summed E-state index contributed by atoms with van der Waals surface area (Å²) in [7, 11) is -3.26. The fourth-order valence-electron chi connectivity index (χ4n) is 3.02. The summed E-state index contributed by atoms with van der Waals surface area (Å²) in [5, 5.41) is 11.7. The molecule has 0 aromatic carbocycles. The highest BCUT2D eigenvalue weighted by molar-refractivity contribution is 7.92. The van der Waals surface area contributed by atoms with Crippen LogP contribution < -0.4 is 5.32 Å². The molecule has 1 aliphatic carbocycles. The van der Waals surface area contributed by atoms with Crippen LogP contribution in [-0.4, -0.2) is 43.1 Å². The minimum atomic E-state index is -3.26. The van der Waals surface area contributed by atoms with E-state index in [1.807, 2.05) is 0 Å². The van der Waals surface area contributed by atoms with Gasteiger partial charge in [-0.05, 0) is 25.7 Å². The Bertz CT molecular complexity index is 420. The number of amides is 1. The number of aliphatic hydroxyl groups excluding tert-OH is 1. The average molecular weight is 289 g/mol. The van der Waals surface area contributed by atoms with Crippen LogP contribution in [0.3, 0.4) is 0 Å². The third kappa shape index (κ3) is 3.69. The molecule has 2 rings (SSSR count). The first-order valence-electron chi connectivity index (χ1n) is 7.18. The molecule has 2 aliphatic rings. The maximum Gasteiger partial charge on any atom is 0.238 e. The van der Waals surface area contributed by atoms with Gasteiger partial charge in [0.2, 0.25) is 5.91 Å². The third-order valence-electron chi connectivity index (χ3n) is 4.28. The number of hydrogen-bond acceptors (Lipinski definition) is 4.